The van der Waals surface area contributed by atoms with Crippen LogP contribution in [0.5, 0.6) is 0 Å². The molecular formula is C30H25FN2O8. The molecule has 3 aromatic rings. The van der Waals surface area contributed by atoms with Gasteiger partial charge in [-0.2, -0.15) is 4.90 Å². The van der Waals surface area contributed by atoms with E-state index in [1.165, 1.54) is 36.4 Å². The van der Waals surface area contributed by atoms with E-state index in [0.29, 0.717) is 4.90 Å². The lowest BCUT2D eigenvalue weighted by atomic mass is 10.1. The number of amides is 4. The highest BCUT2D eigenvalue weighted by Crippen LogP contribution is 2.32. The fourth-order valence-corrected chi connectivity index (χ4v) is 4.61. The van der Waals surface area contributed by atoms with Gasteiger partial charge in [0.1, 0.15) is 12.7 Å². The maximum Gasteiger partial charge on any atom is 0.338 e. The number of alkyl halides is 1. The Balaban J connectivity index is 1.37. The molecule has 2 aliphatic rings. The van der Waals surface area contributed by atoms with Crippen molar-refractivity contribution >= 4 is 29.8 Å². The topological polar surface area (TPSA) is 120 Å². The average Bonchev–Trinajstić information content (AvgIpc) is 3.31. The fraction of sp³-hybridized carbons (Fsp3) is 0.233. The molecule has 4 amide bonds. The molecule has 210 valence electrons. The van der Waals surface area contributed by atoms with Crippen molar-refractivity contribution in [1.82, 2.24) is 9.80 Å². The van der Waals surface area contributed by atoms with Crippen molar-refractivity contribution in [3.8, 4) is 0 Å². The van der Waals surface area contributed by atoms with Crippen LogP contribution in [0.2, 0.25) is 0 Å². The summed E-state index contributed by atoms with van der Waals surface area (Å²) in [5, 5.41) is 0. The predicted octanol–water partition coefficient (Wildman–Crippen LogP) is 3.63. The molecule has 2 heterocycles. The number of urea groups is 1. The van der Waals surface area contributed by atoms with Crippen molar-refractivity contribution in [3.63, 3.8) is 0 Å². The third kappa shape index (κ3) is 5.85. The van der Waals surface area contributed by atoms with Gasteiger partial charge < -0.3 is 14.2 Å². The number of carbonyl (C=O) groups excluding carboxylic acids is 5. The van der Waals surface area contributed by atoms with E-state index in [-0.39, 0.29) is 29.7 Å². The van der Waals surface area contributed by atoms with Gasteiger partial charge in [-0.15, -0.1) is 0 Å². The van der Waals surface area contributed by atoms with Gasteiger partial charge in [0.05, 0.1) is 11.1 Å². The molecule has 4 atom stereocenters. The van der Waals surface area contributed by atoms with E-state index >= 15 is 4.39 Å². The van der Waals surface area contributed by atoms with Gasteiger partial charge in [-0.3, -0.25) is 14.5 Å². The van der Waals surface area contributed by atoms with Crippen molar-refractivity contribution in [3.05, 3.63) is 108 Å². The minimum absolute atomic E-state index is 0.0977. The van der Waals surface area contributed by atoms with E-state index < -0.39 is 61.0 Å². The van der Waals surface area contributed by atoms with E-state index in [9.17, 15) is 24.0 Å². The van der Waals surface area contributed by atoms with Gasteiger partial charge in [-0.1, -0.05) is 54.6 Å². The number of esters is 2. The lowest BCUT2D eigenvalue weighted by Crippen LogP contribution is -2.59. The highest BCUT2D eigenvalue weighted by Gasteiger charge is 2.54. The number of rotatable bonds is 7. The second kappa shape index (κ2) is 12.1. The number of imide groups is 3. The Morgan fingerprint density at radius 2 is 1.34 bits per heavy atom. The first-order valence-electron chi connectivity index (χ1n) is 12.9. The molecule has 2 fully saturated rings. The first kappa shape index (κ1) is 27.7. The Hall–Kier alpha value is -4.90. The summed E-state index contributed by atoms with van der Waals surface area (Å²) in [6.45, 7) is -0.734. The number of hydrogen-bond donors (Lipinski definition) is 0. The third-order valence-corrected chi connectivity index (χ3v) is 6.69. The van der Waals surface area contributed by atoms with Crippen LogP contribution in [0.25, 0.3) is 0 Å². The summed E-state index contributed by atoms with van der Waals surface area (Å²) < 4.78 is 32.6. The standard InChI is InChI=1S/C30H25FN2O8/c31-24-25(41-29(37)21-14-8-3-9-15-21)22(18-39-28(36)20-12-6-2-7-13-20)40-27(24)32-17-16-23(34)33(30(32)38)26(35)19-10-4-1-5-11-19/h1-15,22,24-25,27H,16-18H2/t22-,24-,25-,27-/m1/s1. The maximum atomic E-state index is 16.0. The van der Waals surface area contributed by atoms with Crippen molar-refractivity contribution in [2.75, 3.05) is 13.2 Å². The number of nitrogens with zero attached hydrogens (tertiary/aromatic N) is 2. The normalized spacial score (nSPS) is 22.4. The zero-order valence-corrected chi connectivity index (χ0v) is 21.6. The Labute approximate surface area is 234 Å². The largest absolute Gasteiger partial charge is 0.459 e. The first-order chi connectivity index (χ1) is 19.8. The van der Waals surface area contributed by atoms with Crippen LogP contribution in [-0.4, -0.2) is 77.3 Å². The maximum absolute atomic E-state index is 16.0. The molecule has 2 aliphatic heterocycles. The minimum Gasteiger partial charge on any atom is -0.459 e. The molecule has 0 bridgehead atoms. The van der Waals surface area contributed by atoms with Crippen LogP contribution in [0.15, 0.2) is 91.0 Å². The molecule has 2 saturated heterocycles. The highest BCUT2D eigenvalue weighted by molar-refractivity contribution is 6.17. The lowest BCUT2D eigenvalue weighted by Gasteiger charge is -2.36. The summed E-state index contributed by atoms with van der Waals surface area (Å²) in [6, 6.07) is 22.6. The van der Waals surface area contributed by atoms with Crippen molar-refractivity contribution < 1.29 is 42.6 Å². The quantitative estimate of drug-likeness (QED) is 0.318. The van der Waals surface area contributed by atoms with Gasteiger partial charge in [0.25, 0.3) is 5.91 Å². The van der Waals surface area contributed by atoms with Gasteiger partial charge >= 0.3 is 18.0 Å². The van der Waals surface area contributed by atoms with Gasteiger partial charge in [0.15, 0.2) is 18.5 Å². The molecule has 11 heteroatoms. The summed E-state index contributed by atoms with van der Waals surface area (Å²) >= 11 is 0. The van der Waals surface area contributed by atoms with E-state index in [1.807, 2.05) is 0 Å². The molecule has 5 rings (SSSR count). The van der Waals surface area contributed by atoms with Crippen molar-refractivity contribution in [1.29, 1.82) is 0 Å². The Kier molecular flexibility index (Phi) is 8.16. The highest BCUT2D eigenvalue weighted by atomic mass is 19.1. The predicted molar refractivity (Wildman–Crippen MR) is 140 cm³/mol. The third-order valence-electron chi connectivity index (χ3n) is 6.69. The van der Waals surface area contributed by atoms with Crippen LogP contribution in [-0.2, 0) is 19.0 Å². The summed E-state index contributed by atoms with van der Waals surface area (Å²) in [7, 11) is 0. The monoisotopic (exact) mass is 560 g/mol. The Bertz CT molecular complexity index is 1440. The van der Waals surface area contributed by atoms with Crippen LogP contribution < -0.4 is 0 Å². The minimum atomic E-state index is -2.09. The van der Waals surface area contributed by atoms with Gasteiger partial charge in [-0.25, -0.2) is 18.8 Å². The summed E-state index contributed by atoms with van der Waals surface area (Å²) in [5.41, 5.74) is 0.500. The zero-order valence-electron chi connectivity index (χ0n) is 21.6. The average molecular weight is 561 g/mol. The van der Waals surface area contributed by atoms with Crippen molar-refractivity contribution in [2.24, 2.45) is 0 Å². The zero-order chi connectivity index (χ0) is 28.9. The summed E-state index contributed by atoms with van der Waals surface area (Å²) in [6.07, 6.45) is -6.84. The number of carbonyl (C=O) groups is 5. The first-order valence-corrected chi connectivity index (χ1v) is 12.9. The summed E-state index contributed by atoms with van der Waals surface area (Å²) in [4.78, 5) is 65.7. The van der Waals surface area contributed by atoms with Crippen LogP contribution in [0.4, 0.5) is 9.18 Å². The van der Waals surface area contributed by atoms with E-state index in [1.54, 1.807) is 54.6 Å². The van der Waals surface area contributed by atoms with Crippen LogP contribution in [0, 0.1) is 0 Å². The fourth-order valence-electron chi connectivity index (χ4n) is 4.61. The molecule has 0 N–H and O–H groups in total. The SMILES string of the molecule is O=C(OC[C@H]1O[C@@H](N2CCC(=O)N(C(=O)c3ccccc3)C2=O)[C@H](F)[C@@H]1OC(=O)c1ccccc1)c1ccccc1. The number of ether oxygens (including phenoxy) is 3. The Morgan fingerprint density at radius 1 is 0.805 bits per heavy atom. The number of benzene rings is 3. The lowest BCUT2D eigenvalue weighted by molar-refractivity contribution is -0.133. The van der Waals surface area contributed by atoms with Crippen LogP contribution in [0.1, 0.15) is 37.5 Å². The second-order valence-electron chi connectivity index (χ2n) is 9.34. The molecular weight excluding hydrogens is 535 g/mol. The molecule has 0 saturated carbocycles. The molecule has 0 radical (unpaired) electrons. The van der Waals surface area contributed by atoms with Gasteiger partial charge in [0.2, 0.25) is 5.91 Å². The van der Waals surface area contributed by atoms with E-state index in [0.717, 1.165) is 4.90 Å². The molecule has 0 spiro atoms. The number of halogens is 1. The summed E-state index contributed by atoms with van der Waals surface area (Å²) in [5.74, 6) is -3.16. The van der Waals surface area contributed by atoms with Gasteiger partial charge in [0, 0.05) is 18.5 Å². The molecule has 0 aliphatic carbocycles. The molecule has 0 unspecified atom stereocenters. The van der Waals surface area contributed by atoms with Crippen LogP contribution in [0.3, 0.4) is 0 Å². The molecule has 3 aromatic carbocycles. The van der Waals surface area contributed by atoms with Crippen LogP contribution >= 0.6 is 0 Å². The van der Waals surface area contributed by atoms with Gasteiger partial charge in [-0.05, 0) is 36.4 Å². The molecule has 41 heavy (non-hydrogen) atoms. The Morgan fingerprint density at radius 3 is 1.93 bits per heavy atom. The second-order valence-corrected chi connectivity index (χ2v) is 9.34. The van der Waals surface area contributed by atoms with E-state index in [4.69, 9.17) is 14.2 Å². The number of hydrogen-bond acceptors (Lipinski definition) is 8. The van der Waals surface area contributed by atoms with Crippen molar-refractivity contribution in [2.45, 2.75) is 31.0 Å². The molecule has 0 aromatic heterocycles. The smallest absolute Gasteiger partial charge is 0.338 e. The van der Waals surface area contributed by atoms with E-state index in [2.05, 4.69) is 0 Å². The molecule has 10 nitrogen and oxygen atoms in total.